The number of aromatic amines is 1. The summed E-state index contributed by atoms with van der Waals surface area (Å²) in [5.41, 5.74) is 8.58. The van der Waals surface area contributed by atoms with Crippen molar-refractivity contribution >= 4 is 28.7 Å². The molecule has 0 fully saturated rings. The summed E-state index contributed by atoms with van der Waals surface area (Å²) in [7, 11) is 1.21. The number of aromatic nitrogens is 2. The van der Waals surface area contributed by atoms with Crippen molar-refractivity contribution < 1.29 is 14.3 Å². The van der Waals surface area contributed by atoms with Crippen molar-refractivity contribution in [2.45, 2.75) is 12.8 Å². The predicted molar refractivity (Wildman–Crippen MR) is 85.8 cm³/mol. The summed E-state index contributed by atoms with van der Waals surface area (Å²) in [4.78, 5) is 30.3. The minimum Gasteiger partial charge on any atom is -0.468 e. The number of para-hydroxylation sites is 2. The van der Waals surface area contributed by atoms with E-state index in [0.29, 0.717) is 11.3 Å². The standard InChI is InChI=1S/C15H16N6O3/c1-8(20-21-15(17)23)12(14(22)24-2)9(7-16)13-18-10-5-3-4-6-11(10)19-13/h3-6,9,12H,1-2H3,(H,18,19)(H3,17,21,23)/b20-8+. The van der Waals surface area contributed by atoms with E-state index in [4.69, 9.17) is 10.5 Å². The summed E-state index contributed by atoms with van der Waals surface area (Å²) >= 11 is 0. The predicted octanol–water partition coefficient (Wildman–Crippen LogP) is 1.00. The largest absolute Gasteiger partial charge is 0.468 e. The second kappa shape index (κ2) is 7.23. The van der Waals surface area contributed by atoms with E-state index < -0.39 is 23.8 Å². The number of hydrazone groups is 1. The molecule has 0 bridgehead atoms. The monoisotopic (exact) mass is 328 g/mol. The van der Waals surface area contributed by atoms with Crippen LogP contribution >= 0.6 is 0 Å². The van der Waals surface area contributed by atoms with Gasteiger partial charge in [-0.05, 0) is 19.1 Å². The first-order valence-corrected chi connectivity index (χ1v) is 6.99. The first-order chi connectivity index (χ1) is 11.5. The molecule has 0 radical (unpaired) electrons. The average Bonchev–Trinajstić information content (AvgIpc) is 3.00. The first kappa shape index (κ1) is 17.0. The molecule has 0 aliphatic carbocycles. The van der Waals surface area contributed by atoms with Gasteiger partial charge in [-0.1, -0.05) is 12.1 Å². The van der Waals surface area contributed by atoms with Crippen LogP contribution in [-0.2, 0) is 9.53 Å². The van der Waals surface area contributed by atoms with Crippen LogP contribution in [0.25, 0.3) is 11.0 Å². The van der Waals surface area contributed by atoms with Crippen LogP contribution in [-0.4, -0.2) is 34.8 Å². The molecule has 0 aliphatic heterocycles. The molecule has 24 heavy (non-hydrogen) atoms. The quantitative estimate of drug-likeness (QED) is 0.425. The molecule has 0 spiro atoms. The SMILES string of the molecule is COC(=O)C(/C(C)=N/NC(N)=O)C(C#N)c1nc2ccccc2[nH]1. The lowest BCUT2D eigenvalue weighted by Gasteiger charge is -2.18. The number of esters is 1. The molecular weight excluding hydrogens is 312 g/mol. The Bertz CT molecular complexity index is 802. The third-order valence-electron chi connectivity index (χ3n) is 3.42. The van der Waals surface area contributed by atoms with Crippen molar-refractivity contribution in [3.63, 3.8) is 0 Å². The van der Waals surface area contributed by atoms with Crippen LogP contribution < -0.4 is 11.2 Å². The number of urea groups is 1. The number of hydrogen-bond acceptors (Lipinski definition) is 6. The van der Waals surface area contributed by atoms with Gasteiger partial charge >= 0.3 is 12.0 Å². The number of methoxy groups -OCH3 is 1. The Morgan fingerprint density at radius 3 is 2.75 bits per heavy atom. The van der Waals surface area contributed by atoms with Crippen LogP contribution in [0.1, 0.15) is 18.7 Å². The van der Waals surface area contributed by atoms with Gasteiger partial charge in [-0.25, -0.2) is 15.2 Å². The van der Waals surface area contributed by atoms with E-state index in [-0.39, 0.29) is 5.71 Å². The van der Waals surface area contributed by atoms with E-state index in [1.807, 2.05) is 29.7 Å². The van der Waals surface area contributed by atoms with Crippen molar-refractivity contribution in [1.29, 1.82) is 5.26 Å². The number of H-pyrrole nitrogens is 1. The number of ether oxygens (including phenoxy) is 1. The number of rotatable bonds is 5. The molecule has 2 aromatic rings. The topological polar surface area (TPSA) is 146 Å². The second-order valence-corrected chi connectivity index (χ2v) is 4.98. The zero-order chi connectivity index (χ0) is 17.7. The third kappa shape index (κ3) is 3.49. The lowest BCUT2D eigenvalue weighted by atomic mass is 9.89. The lowest BCUT2D eigenvalue weighted by molar-refractivity contribution is -0.143. The van der Waals surface area contributed by atoms with E-state index in [2.05, 4.69) is 15.1 Å². The molecule has 2 rings (SSSR count). The van der Waals surface area contributed by atoms with Crippen LogP contribution in [0.5, 0.6) is 0 Å². The third-order valence-corrected chi connectivity index (χ3v) is 3.42. The van der Waals surface area contributed by atoms with E-state index in [1.165, 1.54) is 14.0 Å². The minimum absolute atomic E-state index is 0.174. The van der Waals surface area contributed by atoms with Gasteiger partial charge in [0.05, 0.1) is 29.9 Å². The maximum absolute atomic E-state index is 12.1. The number of fused-ring (bicyclic) bond motifs is 1. The molecule has 0 aliphatic rings. The molecule has 0 saturated carbocycles. The molecule has 1 aromatic heterocycles. The molecule has 1 heterocycles. The Morgan fingerprint density at radius 2 is 2.17 bits per heavy atom. The van der Waals surface area contributed by atoms with Crippen LogP contribution in [0, 0.1) is 17.2 Å². The Kier molecular flexibility index (Phi) is 5.11. The number of carbonyl (C=O) groups excluding carboxylic acids is 2. The van der Waals surface area contributed by atoms with Crippen LogP contribution in [0.4, 0.5) is 4.79 Å². The number of hydrogen-bond donors (Lipinski definition) is 3. The Hall–Kier alpha value is -3.41. The molecular formula is C15H16N6O3. The number of amides is 2. The average molecular weight is 328 g/mol. The first-order valence-electron chi connectivity index (χ1n) is 6.99. The van der Waals surface area contributed by atoms with E-state index in [0.717, 1.165) is 5.52 Å². The molecule has 2 atom stereocenters. The molecule has 0 saturated heterocycles. The van der Waals surface area contributed by atoms with Crippen LogP contribution in [0.2, 0.25) is 0 Å². The molecule has 124 valence electrons. The fourth-order valence-corrected chi connectivity index (χ4v) is 2.30. The van der Waals surface area contributed by atoms with Gasteiger partial charge < -0.3 is 15.5 Å². The molecule has 2 amide bonds. The van der Waals surface area contributed by atoms with Gasteiger partial charge in [-0.3, -0.25) is 4.79 Å². The number of benzene rings is 1. The fraction of sp³-hybridized carbons (Fsp3) is 0.267. The molecule has 2 unspecified atom stereocenters. The van der Waals surface area contributed by atoms with Crippen molar-refractivity contribution in [3.8, 4) is 6.07 Å². The van der Waals surface area contributed by atoms with Crippen molar-refractivity contribution in [1.82, 2.24) is 15.4 Å². The highest BCUT2D eigenvalue weighted by atomic mass is 16.5. The second-order valence-electron chi connectivity index (χ2n) is 4.98. The lowest BCUT2D eigenvalue weighted by Crippen LogP contribution is -2.33. The number of nitrogens with two attached hydrogens (primary N) is 1. The zero-order valence-electron chi connectivity index (χ0n) is 13.1. The van der Waals surface area contributed by atoms with Gasteiger partial charge in [0.2, 0.25) is 0 Å². The number of nitrogens with zero attached hydrogens (tertiary/aromatic N) is 3. The maximum Gasteiger partial charge on any atom is 0.332 e. The summed E-state index contributed by atoms with van der Waals surface area (Å²) in [6, 6.07) is 8.40. The smallest absolute Gasteiger partial charge is 0.332 e. The molecule has 1 aromatic carbocycles. The Morgan fingerprint density at radius 1 is 1.46 bits per heavy atom. The molecule has 9 heteroatoms. The normalized spacial score (nSPS) is 13.8. The number of nitrogens with one attached hydrogen (secondary N) is 2. The number of imidazole rings is 1. The summed E-state index contributed by atoms with van der Waals surface area (Å²) < 4.78 is 4.76. The highest BCUT2D eigenvalue weighted by molar-refractivity contribution is 6.02. The van der Waals surface area contributed by atoms with Crippen LogP contribution in [0.3, 0.4) is 0 Å². The van der Waals surface area contributed by atoms with Crippen molar-refractivity contribution in [2.24, 2.45) is 16.8 Å². The zero-order valence-corrected chi connectivity index (χ0v) is 13.1. The summed E-state index contributed by atoms with van der Waals surface area (Å²) in [6.07, 6.45) is 0. The maximum atomic E-state index is 12.1. The van der Waals surface area contributed by atoms with E-state index >= 15 is 0 Å². The van der Waals surface area contributed by atoms with Gasteiger partial charge in [-0.2, -0.15) is 10.4 Å². The Balaban J connectivity index is 2.45. The Labute approximate surface area is 137 Å². The molecule has 4 N–H and O–H groups in total. The van der Waals surface area contributed by atoms with Gasteiger partial charge in [-0.15, -0.1) is 0 Å². The fourth-order valence-electron chi connectivity index (χ4n) is 2.30. The van der Waals surface area contributed by atoms with E-state index in [9.17, 15) is 14.9 Å². The van der Waals surface area contributed by atoms with E-state index in [1.54, 1.807) is 6.07 Å². The highest BCUT2D eigenvalue weighted by Crippen LogP contribution is 2.26. The van der Waals surface area contributed by atoms with Crippen LogP contribution in [0.15, 0.2) is 29.4 Å². The highest BCUT2D eigenvalue weighted by Gasteiger charge is 2.35. The summed E-state index contributed by atoms with van der Waals surface area (Å²) in [5.74, 6) is -2.38. The van der Waals surface area contributed by atoms with Gasteiger partial charge in [0.25, 0.3) is 0 Å². The van der Waals surface area contributed by atoms with Gasteiger partial charge in [0.1, 0.15) is 17.7 Å². The number of nitriles is 1. The van der Waals surface area contributed by atoms with Crippen molar-refractivity contribution in [3.05, 3.63) is 30.1 Å². The molecule has 9 nitrogen and oxygen atoms in total. The number of carbonyl (C=O) groups is 2. The summed E-state index contributed by atoms with van der Waals surface area (Å²) in [5, 5.41) is 13.3. The van der Waals surface area contributed by atoms with Gasteiger partial charge in [0.15, 0.2) is 0 Å². The minimum atomic E-state index is -1.05. The number of primary amides is 1. The van der Waals surface area contributed by atoms with Gasteiger partial charge in [0, 0.05) is 0 Å². The van der Waals surface area contributed by atoms with Crippen molar-refractivity contribution in [2.75, 3.05) is 7.11 Å². The summed E-state index contributed by atoms with van der Waals surface area (Å²) in [6.45, 7) is 1.49.